The van der Waals surface area contributed by atoms with Gasteiger partial charge in [0.25, 0.3) is 0 Å². The van der Waals surface area contributed by atoms with Crippen molar-refractivity contribution >= 4 is 11.9 Å². The van der Waals surface area contributed by atoms with E-state index in [0.29, 0.717) is 11.3 Å². The third kappa shape index (κ3) is 4.41. The zero-order valence-electron chi connectivity index (χ0n) is 11.8. The van der Waals surface area contributed by atoms with Crippen molar-refractivity contribution in [1.82, 2.24) is 0 Å². The van der Waals surface area contributed by atoms with E-state index in [9.17, 15) is 13.6 Å². The van der Waals surface area contributed by atoms with E-state index in [1.807, 2.05) is 12.1 Å². The molecule has 0 aliphatic rings. The first kappa shape index (κ1) is 15.7. The summed E-state index contributed by atoms with van der Waals surface area (Å²) >= 11 is 0. The number of rotatable bonds is 6. The zero-order valence-corrected chi connectivity index (χ0v) is 11.8. The molecule has 0 atom stereocenters. The summed E-state index contributed by atoms with van der Waals surface area (Å²) in [5.41, 5.74) is 1.21. The topological polar surface area (TPSA) is 35.5 Å². The Bertz CT molecular complexity index is 664. The molecule has 114 valence electrons. The van der Waals surface area contributed by atoms with E-state index in [0.717, 1.165) is 5.56 Å². The maximum Gasteiger partial charge on any atom is 0.387 e. The molecule has 0 bridgehead atoms. The van der Waals surface area contributed by atoms with Crippen LogP contribution in [-0.2, 0) is 0 Å². The predicted octanol–water partition coefficient (Wildman–Crippen LogP) is 4.19. The number of halogens is 2. The second-order valence-electron chi connectivity index (χ2n) is 4.38. The minimum atomic E-state index is -2.88. The van der Waals surface area contributed by atoms with Gasteiger partial charge in [-0.05, 0) is 48.0 Å². The molecule has 0 saturated heterocycles. The van der Waals surface area contributed by atoms with Gasteiger partial charge in [-0.15, -0.1) is 0 Å². The quantitative estimate of drug-likeness (QED) is 0.593. The van der Waals surface area contributed by atoms with Crippen molar-refractivity contribution in [1.29, 1.82) is 0 Å². The van der Waals surface area contributed by atoms with Crippen molar-refractivity contribution in [2.75, 3.05) is 7.11 Å². The molecule has 2 aromatic carbocycles. The Morgan fingerprint density at radius 2 is 1.82 bits per heavy atom. The van der Waals surface area contributed by atoms with Crippen LogP contribution in [0.4, 0.5) is 8.78 Å². The Hall–Kier alpha value is -2.69. The molecule has 5 heteroatoms. The van der Waals surface area contributed by atoms with Gasteiger partial charge in [-0.1, -0.05) is 18.2 Å². The highest BCUT2D eigenvalue weighted by Gasteiger charge is 2.06. The van der Waals surface area contributed by atoms with Crippen molar-refractivity contribution in [2.24, 2.45) is 0 Å². The van der Waals surface area contributed by atoms with Gasteiger partial charge in [0.2, 0.25) is 0 Å². The summed E-state index contributed by atoms with van der Waals surface area (Å²) in [5, 5.41) is 0. The second kappa shape index (κ2) is 7.36. The molecule has 0 fully saturated rings. The Kier molecular flexibility index (Phi) is 5.25. The zero-order chi connectivity index (χ0) is 15.9. The molecule has 2 aromatic rings. The van der Waals surface area contributed by atoms with Gasteiger partial charge in [0.15, 0.2) is 5.78 Å². The molecule has 0 spiro atoms. The number of ketones is 1. The molecule has 0 aliphatic heterocycles. The molecule has 0 N–H and O–H groups in total. The number of alkyl halides is 2. The lowest BCUT2D eigenvalue weighted by Gasteiger charge is -2.04. The third-order valence-electron chi connectivity index (χ3n) is 2.88. The number of ether oxygens (including phenoxy) is 2. The SMILES string of the molecule is COc1cccc(/C=C/C(=O)c2ccc(OC(F)F)cc2)c1. The smallest absolute Gasteiger partial charge is 0.387 e. The molecule has 0 unspecified atom stereocenters. The molecule has 2 rings (SSSR count). The molecule has 3 nitrogen and oxygen atoms in total. The summed E-state index contributed by atoms with van der Waals surface area (Å²) in [6, 6.07) is 12.8. The second-order valence-corrected chi connectivity index (χ2v) is 4.38. The van der Waals surface area contributed by atoms with Crippen molar-refractivity contribution < 1.29 is 23.0 Å². The lowest BCUT2D eigenvalue weighted by atomic mass is 10.1. The van der Waals surface area contributed by atoms with Crippen LogP contribution < -0.4 is 9.47 Å². The van der Waals surface area contributed by atoms with Gasteiger partial charge in [0.05, 0.1) is 7.11 Å². The fraction of sp³-hybridized carbons (Fsp3) is 0.118. The molecular weight excluding hydrogens is 290 g/mol. The van der Waals surface area contributed by atoms with Crippen LogP contribution in [0.15, 0.2) is 54.6 Å². The van der Waals surface area contributed by atoms with Crippen molar-refractivity contribution in [2.45, 2.75) is 6.61 Å². The monoisotopic (exact) mass is 304 g/mol. The highest BCUT2D eigenvalue weighted by molar-refractivity contribution is 6.06. The fourth-order valence-corrected chi connectivity index (χ4v) is 1.81. The van der Waals surface area contributed by atoms with E-state index in [4.69, 9.17) is 4.74 Å². The molecule has 0 heterocycles. The highest BCUT2D eigenvalue weighted by atomic mass is 19.3. The van der Waals surface area contributed by atoms with E-state index < -0.39 is 6.61 Å². The largest absolute Gasteiger partial charge is 0.497 e. The van der Waals surface area contributed by atoms with Crippen LogP contribution in [0.25, 0.3) is 6.08 Å². The minimum Gasteiger partial charge on any atom is -0.497 e. The van der Waals surface area contributed by atoms with E-state index in [1.54, 1.807) is 25.3 Å². The van der Waals surface area contributed by atoms with Crippen LogP contribution in [-0.4, -0.2) is 19.5 Å². The summed E-state index contributed by atoms with van der Waals surface area (Å²) in [6.07, 6.45) is 3.08. The summed E-state index contributed by atoms with van der Waals surface area (Å²) < 4.78 is 33.4. The van der Waals surface area contributed by atoms with Gasteiger partial charge >= 0.3 is 6.61 Å². The Balaban J connectivity index is 2.06. The van der Waals surface area contributed by atoms with E-state index in [2.05, 4.69) is 4.74 Å². The van der Waals surface area contributed by atoms with Crippen molar-refractivity contribution in [3.05, 3.63) is 65.7 Å². The maximum atomic E-state index is 12.0. The Morgan fingerprint density at radius 3 is 2.45 bits per heavy atom. The lowest BCUT2D eigenvalue weighted by Crippen LogP contribution is -2.02. The van der Waals surface area contributed by atoms with Gasteiger partial charge in [-0.2, -0.15) is 8.78 Å². The standard InChI is InChI=1S/C17H14F2O3/c1-21-15-4-2-3-12(11-15)5-10-16(20)13-6-8-14(9-7-13)22-17(18)19/h2-11,17H,1H3/b10-5+. The predicted molar refractivity (Wildman–Crippen MR) is 79.4 cm³/mol. The van der Waals surface area contributed by atoms with Crippen LogP contribution in [0.1, 0.15) is 15.9 Å². The number of hydrogen-bond donors (Lipinski definition) is 0. The fourth-order valence-electron chi connectivity index (χ4n) is 1.81. The van der Waals surface area contributed by atoms with Gasteiger partial charge in [-0.25, -0.2) is 0 Å². The van der Waals surface area contributed by atoms with E-state index >= 15 is 0 Å². The first-order valence-corrected chi connectivity index (χ1v) is 6.50. The van der Waals surface area contributed by atoms with Crippen LogP contribution in [0.3, 0.4) is 0 Å². The molecule has 0 aromatic heterocycles. The maximum absolute atomic E-state index is 12.0. The summed E-state index contributed by atoms with van der Waals surface area (Å²) in [4.78, 5) is 12.0. The summed E-state index contributed by atoms with van der Waals surface area (Å²) in [6.45, 7) is -2.88. The highest BCUT2D eigenvalue weighted by Crippen LogP contribution is 2.17. The van der Waals surface area contributed by atoms with E-state index in [-0.39, 0.29) is 11.5 Å². The summed E-state index contributed by atoms with van der Waals surface area (Å²) in [5.74, 6) is 0.484. The van der Waals surface area contributed by atoms with E-state index in [1.165, 1.54) is 30.3 Å². The lowest BCUT2D eigenvalue weighted by molar-refractivity contribution is -0.0498. The number of methoxy groups -OCH3 is 1. The molecule has 22 heavy (non-hydrogen) atoms. The van der Waals surface area contributed by atoms with Crippen LogP contribution in [0.5, 0.6) is 11.5 Å². The Labute approximate surface area is 126 Å². The van der Waals surface area contributed by atoms with Crippen LogP contribution in [0.2, 0.25) is 0 Å². The average Bonchev–Trinajstić information content (AvgIpc) is 2.53. The minimum absolute atomic E-state index is 0.0170. The van der Waals surface area contributed by atoms with Gasteiger partial charge in [0.1, 0.15) is 11.5 Å². The van der Waals surface area contributed by atoms with Crippen LogP contribution >= 0.6 is 0 Å². The number of carbonyl (C=O) groups is 1. The molecule has 0 aliphatic carbocycles. The average molecular weight is 304 g/mol. The summed E-state index contributed by atoms with van der Waals surface area (Å²) in [7, 11) is 1.57. The molecule has 0 amide bonds. The normalized spacial score (nSPS) is 10.9. The first-order chi connectivity index (χ1) is 10.6. The number of hydrogen-bond acceptors (Lipinski definition) is 3. The van der Waals surface area contributed by atoms with Gasteiger partial charge in [0, 0.05) is 5.56 Å². The Morgan fingerprint density at radius 1 is 1.09 bits per heavy atom. The first-order valence-electron chi connectivity index (χ1n) is 6.50. The van der Waals surface area contributed by atoms with Crippen molar-refractivity contribution in [3.63, 3.8) is 0 Å². The number of carbonyl (C=O) groups excluding carboxylic acids is 1. The number of allylic oxidation sites excluding steroid dienone is 1. The van der Waals surface area contributed by atoms with Crippen molar-refractivity contribution in [3.8, 4) is 11.5 Å². The molecule has 0 saturated carbocycles. The van der Waals surface area contributed by atoms with Gasteiger partial charge in [-0.3, -0.25) is 4.79 Å². The molecule has 0 radical (unpaired) electrons. The molecular formula is C17H14F2O3. The van der Waals surface area contributed by atoms with Crippen LogP contribution in [0, 0.1) is 0 Å². The van der Waals surface area contributed by atoms with Gasteiger partial charge < -0.3 is 9.47 Å². The third-order valence-corrected chi connectivity index (χ3v) is 2.88. The number of benzene rings is 2.